The van der Waals surface area contributed by atoms with Crippen molar-refractivity contribution < 1.29 is 9.59 Å². The molecule has 2 amide bonds. The van der Waals surface area contributed by atoms with Crippen LogP contribution < -0.4 is 10.6 Å². The molecule has 35 heavy (non-hydrogen) atoms. The van der Waals surface area contributed by atoms with E-state index in [9.17, 15) is 9.59 Å². The van der Waals surface area contributed by atoms with Crippen molar-refractivity contribution in [1.29, 1.82) is 0 Å². The second-order valence-electron chi connectivity index (χ2n) is 10.4. The van der Waals surface area contributed by atoms with Crippen LogP contribution >= 0.6 is 15.9 Å². The average Bonchev–Trinajstić information content (AvgIpc) is 3.45. The fourth-order valence-electron chi connectivity index (χ4n) is 7.03. The van der Waals surface area contributed by atoms with E-state index in [1.807, 2.05) is 41.9 Å². The van der Waals surface area contributed by atoms with Gasteiger partial charge in [0, 0.05) is 18.4 Å². The van der Waals surface area contributed by atoms with Gasteiger partial charge < -0.3 is 10.6 Å². The number of nitrogens with one attached hydrogen (secondary N) is 2. The van der Waals surface area contributed by atoms with Crippen molar-refractivity contribution in [2.75, 3.05) is 10.6 Å². The average molecular weight is 538 g/mol. The fraction of sp³-hybridized carbons (Fsp3) is 0.480. The van der Waals surface area contributed by atoms with Crippen LogP contribution in [-0.4, -0.2) is 36.4 Å². The molecule has 0 radical (unpaired) electrons. The molecule has 182 valence electrons. The first-order valence-electron chi connectivity index (χ1n) is 12.2. The molecule has 7 rings (SSSR count). The Hall–Kier alpha value is -3.01. The molecule has 4 aliphatic rings. The van der Waals surface area contributed by atoms with Crippen molar-refractivity contribution in [3.05, 3.63) is 53.3 Å². The smallest absolute Gasteiger partial charge is 0.278 e. The zero-order valence-electron chi connectivity index (χ0n) is 19.6. The zero-order chi connectivity index (χ0) is 24.2. The molecule has 4 saturated carbocycles. The van der Waals surface area contributed by atoms with Gasteiger partial charge in [0.15, 0.2) is 5.69 Å². The number of amides is 2. The second-order valence-corrected chi connectivity index (χ2v) is 11.2. The SMILES string of the molecule is CCn1cc(NC(=O)C23CC4CC(C2)CC(n2cnc(Br)n2)(C4)C3)c(C(=O)Nc2ccccc2)n1. The van der Waals surface area contributed by atoms with Gasteiger partial charge in [-0.2, -0.15) is 5.10 Å². The van der Waals surface area contributed by atoms with Crippen LogP contribution in [0.1, 0.15) is 55.9 Å². The minimum Gasteiger partial charge on any atom is -0.322 e. The van der Waals surface area contributed by atoms with E-state index in [4.69, 9.17) is 0 Å². The predicted molar refractivity (Wildman–Crippen MR) is 134 cm³/mol. The number of para-hydroxylation sites is 1. The molecular weight excluding hydrogens is 510 g/mol. The summed E-state index contributed by atoms with van der Waals surface area (Å²) in [5.41, 5.74) is 0.705. The van der Waals surface area contributed by atoms with Gasteiger partial charge >= 0.3 is 0 Å². The van der Waals surface area contributed by atoms with Crippen LogP contribution in [0.2, 0.25) is 0 Å². The molecule has 2 N–H and O–H groups in total. The Bertz CT molecular complexity index is 1270. The number of halogens is 1. The summed E-state index contributed by atoms with van der Waals surface area (Å²) in [6.45, 7) is 2.55. The summed E-state index contributed by atoms with van der Waals surface area (Å²) in [7, 11) is 0. The summed E-state index contributed by atoms with van der Waals surface area (Å²) in [5.74, 6) is 0.626. The van der Waals surface area contributed by atoms with Crippen molar-refractivity contribution in [3.8, 4) is 0 Å². The predicted octanol–water partition coefficient (Wildman–Crippen LogP) is 4.44. The van der Waals surface area contributed by atoms with Crippen LogP contribution in [0.4, 0.5) is 11.4 Å². The number of aromatic nitrogens is 5. The highest BCUT2D eigenvalue weighted by atomic mass is 79.9. The molecule has 2 atom stereocenters. The Morgan fingerprint density at radius 2 is 1.83 bits per heavy atom. The van der Waals surface area contributed by atoms with E-state index in [2.05, 4.69) is 41.7 Å². The van der Waals surface area contributed by atoms with Gasteiger partial charge in [0.1, 0.15) is 6.33 Å². The van der Waals surface area contributed by atoms with E-state index in [1.165, 1.54) is 6.42 Å². The van der Waals surface area contributed by atoms with Crippen LogP contribution in [0.5, 0.6) is 0 Å². The van der Waals surface area contributed by atoms with E-state index >= 15 is 0 Å². The highest BCUT2D eigenvalue weighted by molar-refractivity contribution is 9.10. The maximum absolute atomic E-state index is 13.9. The normalized spacial score (nSPS) is 28.7. The number of hydrogen-bond acceptors (Lipinski definition) is 5. The van der Waals surface area contributed by atoms with Gasteiger partial charge in [-0.05, 0) is 85.3 Å². The Morgan fingerprint density at radius 1 is 1.09 bits per heavy atom. The summed E-state index contributed by atoms with van der Waals surface area (Å²) in [6, 6.07) is 9.26. The molecule has 4 aliphatic carbocycles. The quantitative estimate of drug-likeness (QED) is 0.483. The third-order valence-electron chi connectivity index (χ3n) is 8.04. The molecule has 2 aromatic heterocycles. The molecule has 9 nitrogen and oxygen atoms in total. The number of benzene rings is 1. The summed E-state index contributed by atoms with van der Waals surface area (Å²) in [5, 5.41) is 15.1. The summed E-state index contributed by atoms with van der Waals surface area (Å²) < 4.78 is 4.25. The van der Waals surface area contributed by atoms with Crippen molar-refractivity contribution in [2.45, 2.75) is 57.5 Å². The van der Waals surface area contributed by atoms with Gasteiger partial charge in [-0.25, -0.2) is 9.67 Å². The lowest BCUT2D eigenvalue weighted by atomic mass is 9.46. The Labute approximate surface area is 211 Å². The van der Waals surface area contributed by atoms with Crippen molar-refractivity contribution in [3.63, 3.8) is 0 Å². The van der Waals surface area contributed by atoms with E-state index < -0.39 is 5.41 Å². The minimum absolute atomic E-state index is 0.0143. The second kappa shape index (κ2) is 8.29. The van der Waals surface area contributed by atoms with Gasteiger partial charge in [0.05, 0.1) is 16.6 Å². The molecule has 4 fully saturated rings. The summed E-state index contributed by atoms with van der Waals surface area (Å²) in [4.78, 5) is 31.3. The molecular formula is C25H28BrN7O2. The molecule has 0 saturated heterocycles. The van der Waals surface area contributed by atoms with Crippen molar-refractivity contribution in [1.82, 2.24) is 24.5 Å². The molecule has 2 unspecified atom stereocenters. The minimum atomic E-state index is -0.482. The van der Waals surface area contributed by atoms with Gasteiger partial charge in [-0.1, -0.05) is 18.2 Å². The molecule has 0 spiro atoms. The van der Waals surface area contributed by atoms with Crippen LogP contribution in [0.15, 0.2) is 47.6 Å². The highest BCUT2D eigenvalue weighted by Gasteiger charge is 2.61. The van der Waals surface area contributed by atoms with E-state index in [0.717, 1.165) is 32.1 Å². The molecule has 0 aliphatic heterocycles. The lowest BCUT2D eigenvalue weighted by molar-refractivity contribution is -0.150. The lowest BCUT2D eigenvalue weighted by Crippen LogP contribution is -2.60. The summed E-state index contributed by atoms with van der Waals surface area (Å²) in [6.07, 6.45) is 9.27. The largest absolute Gasteiger partial charge is 0.322 e. The molecule has 4 bridgehead atoms. The van der Waals surface area contributed by atoms with Crippen LogP contribution in [0, 0.1) is 17.3 Å². The van der Waals surface area contributed by atoms with Crippen molar-refractivity contribution in [2.24, 2.45) is 17.3 Å². The number of carbonyl (C=O) groups is 2. The van der Waals surface area contributed by atoms with Gasteiger partial charge in [0.25, 0.3) is 5.91 Å². The van der Waals surface area contributed by atoms with E-state index in [1.54, 1.807) is 17.2 Å². The third kappa shape index (κ3) is 3.87. The number of nitrogens with zero attached hydrogens (tertiary/aromatic N) is 5. The first-order valence-corrected chi connectivity index (χ1v) is 13.0. The maximum Gasteiger partial charge on any atom is 0.278 e. The number of carbonyl (C=O) groups excluding carboxylic acids is 2. The van der Waals surface area contributed by atoms with Crippen LogP contribution in [-0.2, 0) is 16.9 Å². The first-order chi connectivity index (χ1) is 16.9. The molecule has 2 heterocycles. The molecule has 10 heteroatoms. The topological polar surface area (TPSA) is 107 Å². The fourth-order valence-corrected chi connectivity index (χ4v) is 7.29. The van der Waals surface area contributed by atoms with E-state index in [-0.39, 0.29) is 23.0 Å². The number of aryl methyl sites for hydroxylation is 1. The monoisotopic (exact) mass is 537 g/mol. The third-order valence-corrected chi connectivity index (χ3v) is 8.41. The van der Waals surface area contributed by atoms with E-state index in [0.29, 0.717) is 34.5 Å². The number of rotatable bonds is 6. The lowest BCUT2D eigenvalue weighted by Gasteiger charge is -2.60. The number of hydrogen-bond donors (Lipinski definition) is 2. The first kappa shape index (κ1) is 22.5. The molecule has 3 aromatic rings. The van der Waals surface area contributed by atoms with Crippen LogP contribution in [0.25, 0.3) is 0 Å². The standard InChI is InChI=1S/C25H28BrN7O2/c1-2-32-13-19(20(30-32)21(34)28-18-6-4-3-5-7-18)29-22(35)24-9-16-8-17(10-24)12-25(11-16,14-24)33-15-27-23(26)31-33/h3-7,13,15-17H,2,8-12,14H2,1H3,(H,28,34)(H,29,35). The van der Waals surface area contributed by atoms with Crippen molar-refractivity contribution >= 4 is 39.1 Å². The summed E-state index contributed by atoms with van der Waals surface area (Å²) >= 11 is 3.38. The zero-order valence-corrected chi connectivity index (χ0v) is 21.2. The Morgan fingerprint density at radius 3 is 2.49 bits per heavy atom. The van der Waals surface area contributed by atoms with Gasteiger partial charge in [-0.15, -0.1) is 5.10 Å². The molecule has 1 aromatic carbocycles. The highest BCUT2D eigenvalue weighted by Crippen LogP contribution is 2.64. The number of anilines is 2. The van der Waals surface area contributed by atoms with Gasteiger partial charge in [-0.3, -0.25) is 14.3 Å². The van der Waals surface area contributed by atoms with Crippen LogP contribution in [0.3, 0.4) is 0 Å². The Balaban J connectivity index is 1.28. The maximum atomic E-state index is 13.9. The Kier molecular flexibility index (Phi) is 5.32. The van der Waals surface area contributed by atoms with Gasteiger partial charge in [0.2, 0.25) is 10.6 Å².